The molecule has 0 radical (unpaired) electrons. The summed E-state index contributed by atoms with van der Waals surface area (Å²) in [4.78, 5) is 54.8. The predicted molar refractivity (Wildman–Crippen MR) is 159 cm³/mol. The van der Waals surface area contributed by atoms with E-state index in [0.29, 0.717) is 35.4 Å². The van der Waals surface area contributed by atoms with E-state index in [9.17, 15) is 19.2 Å². The second-order valence-corrected chi connectivity index (χ2v) is 10.2. The minimum Gasteiger partial charge on any atom is -0.426 e. The molecule has 0 unspecified atom stereocenters. The summed E-state index contributed by atoms with van der Waals surface area (Å²) in [5, 5.41) is 5.52. The SMILES string of the molecule is CCCC/C(=N\OC(C)=O)C(=O)c1ccc2c(c1)c1cc(C(=O)c3ccc(OC(=O)C(C)C)cc3)ccc1n2CC. The van der Waals surface area contributed by atoms with Gasteiger partial charge >= 0.3 is 11.9 Å². The molecule has 0 aliphatic rings. The van der Waals surface area contributed by atoms with Crippen LogP contribution < -0.4 is 4.74 Å². The number of oxime groups is 1. The highest BCUT2D eigenvalue weighted by atomic mass is 16.7. The van der Waals surface area contributed by atoms with Gasteiger partial charge in [0.2, 0.25) is 5.78 Å². The number of benzene rings is 3. The van der Waals surface area contributed by atoms with E-state index < -0.39 is 5.97 Å². The zero-order valence-electron chi connectivity index (χ0n) is 24.0. The van der Waals surface area contributed by atoms with E-state index in [4.69, 9.17) is 9.57 Å². The van der Waals surface area contributed by atoms with Crippen molar-refractivity contribution in [1.29, 1.82) is 0 Å². The lowest BCUT2D eigenvalue weighted by molar-refractivity contribution is -0.141. The fraction of sp³-hybridized carbons (Fsp3) is 0.303. The highest BCUT2D eigenvalue weighted by Crippen LogP contribution is 2.32. The molecule has 0 aliphatic heterocycles. The van der Waals surface area contributed by atoms with Gasteiger partial charge in [-0.2, -0.15) is 0 Å². The molecule has 212 valence electrons. The normalized spacial score (nSPS) is 11.7. The summed E-state index contributed by atoms with van der Waals surface area (Å²) >= 11 is 0. The summed E-state index contributed by atoms with van der Waals surface area (Å²) in [5.41, 5.74) is 3.46. The largest absolute Gasteiger partial charge is 0.426 e. The number of ketones is 2. The number of Topliss-reactive ketones (excluding diaryl/α,β-unsaturated/α-hetero) is 1. The Morgan fingerprint density at radius 2 is 1.41 bits per heavy atom. The van der Waals surface area contributed by atoms with Crippen molar-refractivity contribution in [1.82, 2.24) is 4.57 Å². The minimum atomic E-state index is -0.586. The molecule has 41 heavy (non-hydrogen) atoms. The van der Waals surface area contributed by atoms with Crippen LogP contribution in [0.1, 0.15) is 80.2 Å². The number of unbranched alkanes of at least 4 members (excludes halogenated alkanes) is 1. The first-order valence-electron chi connectivity index (χ1n) is 13.9. The Labute approximate surface area is 238 Å². The van der Waals surface area contributed by atoms with Gasteiger partial charge in [-0.3, -0.25) is 14.4 Å². The molecule has 3 aromatic carbocycles. The number of hydrogen-bond acceptors (Lipinski definition) is 7. The first-order chi connectivity index (χ1) is 19.6. The fourth-order valence-corrected chi connectivity index (χ4v) is 4.63. The second kappa shape index (κ2) is 12.7. The van der Waals surface area contributed by atoms with Crippen LogP contribution in [0.5, 0.6) is 5.75 Å². The van der Waals surface area contributed by atoms with Crippen molar-refractivity contribution in [2.75, 3.05) is 0 Å². The third-order valence-corrected chi connectivity index (χ3v) is 6.83. The summed E-state index contributed by atoms with van der Waals surface area (Å²) < 4.78 is 7.45. The Morgan fingerprint density at radius 1 is 0.829 bits per heavy atom. The first kappa shape index (κ1) is 29.4. The monoisotopic (exact) mass is 554 g/mol. The van der Waals surface area contributed by atoms with Crippen LogP contribution in [0.3, 0.4) is 0 Å². The smallest absolute Gasteiger partial charge is 0.331 e. The number of aromatic nitrogens is 1. The molecule has 0 amide bonds. The van der Waals surface area contributed by atoms with Gasteiger partial charge in [-0.05, 0) is 80.4 Å². The number of aryl methyl sites for hydroxylation is 1. The van der Waals surface area contributed by atoms with E-state index in [-0.39, 0.29) is 29.2 Å². The van der Waals surface area contributed by atoms with Gasteiger partial charge in [-0.1, -0.05) is 32.3 Å². The molecule has 1 heterocycles. The van der Waals surface area contributed by atoms with Crippen molar-refractivity contribution >= 4 is 51.0 Å². The lowest BCUT2D eigenvalue weighted by Gasteiger charge is -2.08. The van der Waals surface area contributed by atoms with Crippen molar-refractivity contribution in [2.45, 2.75) is 60.4 Å². The van der Waals surface area contributed by atoms with Crippen molar-refractivity contribution in [3.05, 3.63) is 77.4 Å². The van der Waals surface area contributed by atoms with Crippen molar-refractivity contribution < 1.29 is 28.8 Å². The molecule has 4 rings (SSSR count). The van der Waals surface area contributed by atoms with Crippen LogP contribution in [0.4, 0.5) is 0 Å². The third kappa shape index (κ3) is 6.43. The minimum absolute atomic E-state index is 0.173. The fourth-order valence-electron chi connectivity index (χ4n) is 4.63. The van der Waals surface area contributed by atoms with Crippen LogP contribution in [-0.4, -0.2) is 33.8 Å². The van der Waals surface area contributed by atoms with Crippen molar-refractivity contribution in [2.24, 2.45) is 11.1 Å². The zero-order chi connectivity index (χ0) is 29.7. The van der Waals surface area contributed by atoms with Gasteiger partial charge in [0.05, 0.1) is 5.92 Å². The highest BCUT2D eigenvalue weighted by molar-refractivity contribution is 6.46. The molecule has 4 aromatic rings. The first-order valence-corrected chi connectivity index (χ1v) is 13.9. The summed E-state index contributed by atoms with van der Waals surface area (Å²) in [7, 11) is 0. The van der Waals surface area contributed by atoms with Crippen LogP contribution in [-0.2, 0) is 21.0 Å². The van der Waals surface area contributed by atoms with E-state index in [2.05, 4.69) is 9.72 Å². The van der Waals surface area contributed by atoms with Crippen LogP contribution in [0.2, 0.25) is 0 Å². The van der Waals surface area contributed by atoms with Gasteiger partial charge in [0, 0.05) is 52.0 Å². The third-order valence-electron chi connectivity index (χ3n) is 6.83. The van der Waals surface area contributed by atoms with Crippen LogP contribution in [0.25, 0.3) is 21.8 Å². The summed E-state index contributed by atoms with van der Waals surface area (Å²) in [6.07, 6.45) is 1.99. The Hall–Kier alpha value is -4.59. The summed E-state index contributed by atoms with van der Waals surface area (Å²) in [6, 6.07) is 17.5. The molecule has 1 aromatic heterocycles. The van der Waals surface area contributed by atoms with E-state index in [1.807, 2.05) is 38.1 Å². The molecule has 0 saturated carbocycles. The van der Waals surface area contributed by atoms with E-state index in [0.717, 1.165) is 34.6 Å². The molecule has 0 N–H and O–H groups in total. The average molecular weight is 555 g/mol. The molecule has 8 heteroatoms. The molecule has 0 spiro atoms. The van der Waals surface area contributed by atoms with Gasteiger partial charge in [0.25, 0.3) is 0 Å². The van der Waals surface area contributed by atoms with Gasteiger partial charge in [-0.15, -0.1) is 0 Å². The summed E-state index contributed by atoms with van der Waals surface area (Å²) in [5.74, 6) is -1.27. The van der Waals surface area contributed by atoms with Gasteiger partial charge in [0.1, 0.15) is 11.5 Å². The second-order valence-electron chi connectivity index (χ2n) is 10.2. The number of hydrogen-bond donors (Lipinski definition) is 0. The maximum atomic E-state index is 13.4. The molecule has 0 atom stereocenters. The molecule has 0 saturated heterocycles. The van der Waals surface area contributed by atoms with E-state index in [1.165, 1.54) is 6.92 Å². The Morgan fingerprint density at radius 3 is 1.98 bits per heavy atom. The number of fused-ring (bicyclic) bond motifs is 3. The van der Waals surface area contributed by atoms with Crippen molar-refractivity contribution in [3.63, 3.8) is 0 Å². The number of rotatable bonds is 11. The molecule has 0 fully saturated rings. The molecular weight excluding hydrogens is 520 g/mol. The van der Waals surface area contributed by atoms with Crippen molar-refractivity contribution in [3.8, 4) is 5.75 Å². The quantitative estimate of drug-likeness (QED) is 0.0499. The number of carbonyl (C=O) groups excluding carboxylic acids is 4. The average Bonchev–Trinajstić information content (AvgIpc) is 3.28. The van der Waals surface area contributed by atoms with Gasteiger partial charge < -0.3 is 14.1 Å². The molecule has 8 nitrogen and oxygen atoms in total. The standard InChI is InChI=1S/C33H34N2O6/c1-6-8-9-28(34-41-21(5)36)32(38)24-13-17-30-27(19-24)26-18-23(12-16-29(26)35(30)7-2)31(37)22-10-14-25(15-11-22)40-33(39)20(3)4/h10-20H,6-9H2,1-5H3/b34-28+. The highest BCUT2D eigenvalue weighted by Gasteiger charge is 2.20. The maximum Gasteiger partial charge on any atom is 0.331 e. The van der Waals surface area contributed by atoms with Crippen LogP contribution >= 0.6 is 0 Å². The number of carbonyl (C=O) groups is 4. The number of esters is 1. The lowest BCUT2D eigenvalue weighted by Crippen LogP contribution is -2.15. The lowest BCUT2D eigenvalue weighted by atomic mass is 9.99. The molecule has 0 aliphatic carbocycles. The Balaban J connectivity index is 1.72. The van der Waals surface area contributed by atoms with Gasteiger partial charge in [0.15, 0.2) is 5.78 Å². The topological polar surface area (TPSA) is 104 Å². The predicted octanol–water partition coefficient (Wildman–Crippen LogP) is 6.90. The van der Waals surface area contributed by atoms with E-state index in [1.54, 1.807) is 50.2 Å². The zero-order valence-corrected chi connectivity index (χ0v) is 24.0. The van der Waals surface area contributed by atoms with Gasteiger partial charge in [-0.25, -0.2) is 4.79 Å². The summed E-state index contributed by atoms with van der Waals surface area (Å²) in [6.45, 7) is 9.51. The Kier molecular flexibility index (Phi) is 9.12. The van der Waals surface area contributed by atoms with Crippen LogP contribution in [0.15, 0.2) is 65.8 Å². The number of ether oxygens (including phenoxy) is 1. The number of nitrogens with zero attached hydrogens (tertiary/aromatic N) is 2. The van der Waals surface area contributed by atoms with Crippen LogP contribution in [0, 0.1) is 5.92 Å². The maximum absolute atomic E-state index is 13.4. The Bertz CT molecular complexity index is 1660. The molecular formula is C33H34N2O6. The molecule has 0 bridgehead atoms. The van der Waals surface area contributed by atoms with E-state index >= 15 is 0 Å².